The maximum absolute atomic E-state index is 6.24. The molecule has 1 saturated heterocycles. The molecule has 92 valence electrons. The van der Waals surface area contributed by atoms with Crippen molar-refractivity contribution in [3.05, 3.63) is 35.4 Å². The van der Waals surface area contributed by atoms with E-state index in [0.717, 1.165) is 12.5 Å². The van der Waals surface area contributed by atoms with Gasteiger partial charge in [-0.15, -0.1) is 0 Å². The molecule has 3 atom stereocenters. The summed E-state index contributed by atoms with van der Waals surface area (Å²) in [5.74, 6) is 2.60. The summed E-state index contributed by atoms with van der Waals surface area (Å²) in [5, 5.41) is 0. The summed E-state index contributed by atoms with van der Waals surface area (Å²) in [6, 6.07) is 10.2. The highest BCUT2D eigenvalue weighted by atomic mass is 32.2. The Morgan fingerprint density at radius 1 is 1.29 bits per heavy atom. The number of rotatable bonds is 2. The quantitative estimate of drug-likeness (QED) is 0.872. The van der Waals surface area contributed by atoms with Gasteiger partial charge in [0.15, 0.2) is 0 Å². The van der Waals surface area contributed by atoms with Crippen LogP contribution >= 0.6 is 11.8 Å². The lowest BCUT2D eigenvalue weighted by molar-refractivity contribution is 0.183. The van der Waals surface area contributed by atoms with Gasteiger partial charge in [-0.25, -0.2) is 0 Å². The average Bonchev–Trinajstić information content (AvgIpc) is 2.97. The van der Waals surface area contributed by atoms with Crippen molar-refractivity contribution in [2.45, 2.75) is 31.0 Å². The van der Waals surface area contributed by atoms with E-state index in [1.807, 2.05) is 0 Å². The predicted molar refractivity (Wildman–Crippen MR) is 74.2 cm³/mol. The van der Waals surface area contributed by atoms with Crippen LogP contribution in [0.4, 0.5) is 0 Å². The third-order valence-corrected chi connectivity index (χ3v) is 5.35. The van der Waals surface area contributed by atoms with E-state index in [1.54, 1.807) is 0 Å². The molecule has 0 radical (unpaired) electrons. The molecule has 3 rings (SSSR count). The maximum Gasteiger partial charge on any atom is 0.0369 e. The molecule has 1 heterocycles. The van der Waals surface area contributed by atoms with Gasteiger partial charge in [-0.1, -0.05) is 24.3 Å². The molecule has 3 heteroatoms. The number of nitrogens with two attached hydrogens (primary N) is 1. The Morgan fingerprint density at radius 3 is 2.76 bits per heavy atom. The van der Waals surface area contributed by atoms with Gasteiger partial charge < -0.3 is 5.73 Å². The molecule has 2 N–H and O–H groups in total. The summed E-state index contributed by atoms with van der Waals surface area (Å²) in [6.07, 6.45) is 2.41. The van der Waals surface area contributed by atoms with E-state index >= 15 is 0 Å². The maximum atomic E-state index is 6.24. The molecule has 2 nitrogen and oxygen atoms in total. The summed E-state index contributed by atoms with van der Waals surface area (Å²) in [6.45, 7) is 0. The fraction of sp³-hybridized carbons (Fsp3) is 0.571. The first-order valence-corrected chi connectivity index (χ1v) is 7.57. The predicted octanol–water partition coefficient (Wildman–Crippen LogP) is 2.57. The lowest BCUT2D eigenvalue weighted by Crippen LogP contribution is -2.34. The van der Waals surface area contributed by atoms with Crippen molar-refractivity contribution >= 4 is 11.8 Å². The summed E-state index contributed by atoms with van der Waals surface area (Å²) >= 11 is 2.08. The first-order valence-electron chi connectivity index (χ1n) is 6.41. The number of benzene rings is 1. The summed E-state index contributed by atoms with van der Waals surface area (Å²) in [4.78, 5) is 2.56. The zero-order valence-electron chi connectivity index (χ0n) is 10.3. The fourth-order valence-electron chi connectivity index (χ4n) is 3.13. The third-order valence-electron chi connectivity index (χ3n) is 4.20. The first-order chi connectivity index (χ1) is 8.27. The Morgan fingerprint density at radius 2 is 2.06 bits per heavy atom. The fourth-order valence-corrected chi connectivity index (χ4v) is 4.41. The topological polar surface area (TPSA) is 29.3 Å². The molecular weight excluding hydrogens is 228 g/mol. The molecule has 0 saturated carbocycles. The molecule has 0 aromatic heterocycles. The zero-order valence-corrected chi connectivity index (χ0v) is 11.1. The molecule has 1 aliphatic heterocycles. The van der Waals surface area contributed by atoms with Crippen molar-refractivity contribution in [2.75, 3.05) is 18.6 Å². The summed E-state index contributed by atoms with van der Waals surface area (Å²) in [5.41, 5.74) is 9.06. The summed E-state index contributed by atoms with van der Waals surface area (Å²) in [7, 11) is 2.27. The first kappa shape index (κ1) is 11.6. The smallest absolute Gasteiger partial charge is 0.0369 e. The highest BCUT2D eigenvalue weighted by Gasteiger charge is 2.34. The molecule has 2 aliphatic rings. The Kier molecular flexibility index (Phi) is 3.16. The molecule has 3 unspecified atom stereocenters. The second-order valence-corrected chi connectivity index (χ2v) is 6.32. The van der Waals surface area contributed by atoms with Crippen molar-refractivity contribution in [3.63, 3.8) is 0 Å². The molecule has 1 aromatic rings. The van der Waals surface area contributed by atoms with Crippen LogP contribution in [0.5, 0.6) is 0 Å². The van der Waals surface area contributed by atoms with E-state index in [2.05, 4.69) is 48.0 Å². The monoisotopic (exact) mass is 248 g/mol. The highest BCUT2D eigenvalue weighted by Crippen LogP contribution is 2.42. The van der Waals surface area contributed by atoms with Gasteiger partial charge in [0.05, 0.1) is 0 Å². The van der Waals surface area contributed by atoms with Crippen LogP contribution in [-0.4, -0.2) is 29.5 Å². The standard InChI is InChI=1S/C14H20N2S/c1-16(10-6-7-17-9-10)14-8-13(15)11-4-2-3-5-12(11)14/h2-5,10,13-14H,6-9,15H2,1H3. The average molecular weight is 248 g/mol. The molecule has 1 aromatic carbocycles. The van der Waals surface area contributed by atoms with Gasteiger partial charge in [0.25, 0.3) is 0 Å². The number of hydrogen-bond donors (Lipinski definition) is 1. The van der Waals surface area contributed by atoms with Gasteiger partial charge in [0, 0.05) is 23.9 Å². The number of fused-ring (bicyclic) bond motifs is 1. The molecule has 0 amide bonds. The lowest BCUT2D eigenvalue weighted by Gasteiger charge is -2.30. The number of nitrogens with zero attached hydrogens (tertiary/aromatic N) is 1. The molecule has 1 fully saturated rings. The van der Waals surface area contributed by atoms with E-state index in [-0.39, 0.29) is 6.04 Å². The van der Waals surface area contributed by atoms with Gasteiger partial charge >= 0.3 is 0 Å². The molecule has 17 heavy (non-hydrogen) atoms. The van der Waals surface area contributed by atoms with Crippen molar-refractivity contribution in [2.24, 2.45) is 5.73 Å². The summed E-state index contributed by atoms with van der Waals surface area (Å²) < 4.78 is 0. The van der Waals surface area contributed by atoms with Gasteiger partial charge in [-0.3, -0.25) is 4.90 Å². The van der Waals surface area contributed by atoms with E-state index in [9.17, 15) is 0 Å². The van der Waals surface area contributed by atoms with Crippen LogP contribution < -0.4 is 5.73 Å². The largest absolute Gasteiger partial charge is 0.324 e. The Hall–Kier alpha value is -0.510. The van der Waals surface area contributed by atoms with E-state index < -0.39 is 0 Å². The molecule has 0 bridgehead atoms. The van der Waals surface area contributed by atoms with E-state index in [0.29, 0.717) is 6.04 Å². The minimum absolute atomic E-state index is 0.229. The minimum Gasteiger partial charge on any atom is -0.324 e. The SMILES string of the molecule is CN(C1CCSC1)C1CC(N)c2ccccc21. The lowest BCUT2D eigenvalue weighted by atomic mass is 10.1. The number of thioether (sulfide) groups is 1. The van der Waals surface area contributed by atoms with Gasteiger partial charge in [-0.05, 0) is 36.8 Å². The van der Waals surface area contributed by atoms with Gasteiger partial charge in [0.1, 0.15) is 0 Å². The van der Waals surface area contributed by atoms with Crippen molar-refractivity contribution < 1.29 is 0 Å². The van der Waals surface area contributed by atoms with Crippen molar-refractivity contribution in [1.29, 1.82) is 0 Å². The molecule has 0 spiro atoms. The van der Waals surface area contributed by atoms with Crippen molar-refractivity contribution in [1.82, 2.24) is 4.90 Å². The highest BCUT2D eigenvalue weighted by molar-refractivity contribution is 7.99. The van der Waals surface area contributed by atoms with E-state index in [4.69, 9.17) is 5.73 Å². The van der Waals surface area contributed by atoms with Crippen LogP contribution in [0.25, 0.3) is 0 Å². The van der Waals surface area contributed by atoms with Crippen LogP contribution in [0.3, 0.4) is 0 Å². The molecule has 1 aliphatic carbocycles. The van der Waals surface area contributed by atoms with Crippen molar-refractivity contribution in [3.8, 4) is 0 Å². The van der Waals surface area contributed by atoms with Gasteiger partial charge in [0.2, 0.25) is 0 Å². The Bertz CT molecular complexity index is 401. The Balaban J connectivity index is 1.85. The minimum atomic E-state index is 0.229. The second-order valence-electron chi connectivity index (χ2n) is 5.17. The normalized spacial score (nSPS) is 32.1. The Labute approximate surface area is 108 Å². The third kappa shape index (κ3) is 2.01. The second kappa shape index (κ2) is 4.63. The van der Waals surface area contributed by atoms with Gasteiger partial charge in [-0.2, -0.15) is 11.8 Å². The van der Waals surface area contributed by atoms with E-state index in [1.165, 1.54) is 29.1 Å². The van der Waals surface area contributed by atoms with Crippen LogP contribution in [-0.2, 0) is 0 Å². The van der Waals surface area contributed by atoms with Crippen LogP contribution in [0.15, 0.2) is 24.3 Å². The zero-order chi connectivity index (χ0) is 11.8. The molecular formula is C14H20N2S. The number of hydrogen-bond acceptors (Lipinski definition) is 3. The van der Waals surface area contributed by atoms with Crippen LogP contribution in [0, 0.1) is 0 Å². The van der Waals surface area contributed by atoms with Crippen LogP contribution in [0.1, 0.15) is 36.1 Å². The van der Waals surface area contributed by atoms with Crippen LogP contribution in [0.2, 0.25) is 0 Å².